The summed E-state index contributed by atoms with van der Waals surface area (Å²) in [5.74, 6) is -0.0881. The van der Waals surface area contributed by atoms with E-state index in [4.69, 9.17) is 10.8 Å². The quantitative estimate of drug-likeness (QED) is 0.704. The minimum atomic E-state index is -0.0881. The SMILES string of the molecule is NCC(CO)c1ccn2nccc2n1. The van der Waals surface area contributed by atoms with Crippen LogP contribution in [-0.4, -0.2) is 32.9 Å². The molecule has 0 saturated heterocycles. The predicted octanol–water partition coefficient (Wildman–Crippen LogP) is -0.236. The van der Waals surface area contributed by atoms with Gasteiger partial charge in [-0.25, -0.2) is 9.50 Å². The number of nitrogens with two attached hydrogens (primary N) is 1. The second-order valence-electron chi connectivity index (χ2n) is 3.10. The molecule has 0 aromatic carbocycles. The number of fused-ring (bicyclic) bond motifs is 1. The monoisotopic (exact) mass is 192 g/mol. The lowest BCUT2D eigenvalue weighted by atomic mass is 10.1. The van der Waals surface area contributed by atoms with Crippen molar-refractivity contribution in [1.29, 1.82) is 0 Å². The lowest BCUT2D eigenvalue weighted by Crippen LogP contribution is -2.17. The van der Waals surface area contributed by atoms with E-state index in [2.05, 4.69) is 10.1 Å². The fraction of sp³-hybridized carbons (Fsp3) is 0.333. The molecule has 0 aliphatic heterocycles. The molecule has 0 aliphatic rings. The van der Waals surface area contributed by atoms with E-state index in [1.165, 1.54) is 0 Å². The van der Waals surface area contributed by atoms with Gasteiger partial charge in [-0.1, -0.05) is 0 Å². The van der Waals surface area contributed by atoms with E-state index < -0.39 is 0 Å². The normalized spacial score (nSPS) is 13.3. The molecule has 2 aromatic heterocycles. The van der Waals surface area contributed by atoms with Crippen LogP contribution in [-0.2, 0) is 0 Å². The Balaban J connectivity index is 2.42. The fourth-order valence-electron chi connectivity index (χ4n) is 1.34. The third-order valence-electron chi connectivity index (χ3n) is 2.20. The van der Waals surface area contributed by atoms with E-state index in [1.807, 2.05) is 18.3 Å². The first-order valence-electron chi connectivity index (χ1n) is 4.46. The highest BCUT2D eigenvalue weighted by molar-refractivity contribution is 5.37. The Morgan fingerprint density at radius 3 is 3.07 bits per heavy atom. The van der Waals surface area contributed by atoms with Gasteiger partial charge in [0.15, 0.2) is 5.65 Å². The molecule has 74 valence electrons. The first kappa shape index (κ1) is 9.11. The maximum absolute atomic E-state index is 9.06. The third-order valence-corrected chi connectivity index (χ3v) is 2.20. The van der Waals surface area contributed by atoms with Crippen LogP contribution in [0.4, 0.5) is 0 Å². The summed E-state index contributed by atoms with van der Waals surface area (Å²) in [5, 5.41) is 13.1. The maximum Gasteiger partial charge on any atom is 0.155 e. The molecule has 14 heavy (non-hydrogen) atoms. The number of hydrogen-bond acceptors (Lipinski definition) is 4. The van der Waals surface area contributed by atoms with Gasteiger partial charge in [0.1, 0.15) is 0 Å². The molecule has 2 aromatic rings. The lowest BCUT2D eigenvalue weighted by molar-refractivity contribution is 0.266. The zero-order valence-electron chi connectivity index (χ0n) is 7.67. The Labute approximate surface area is 81.2 Å². The first-order valence-corrected chi connectivity index (χ1v) is 4.46. The van der Waals surface area contributed by atoms with Crippen LogP contribution in [0.25, 0.3) is 5.65 Å². The standard InChI is InChI=1S/C9H12N4O/c10-5-7(6-14)8-2-4-13-9(12-8)1-3-11-13/h1-4,7,14H,5-6,10H2. The number of nitrogens with zero attached hydrogens (tertiary/aromatic N) is 3. The maximum atomic E-state index is 9.06. The van der Waals surface area contributed by atoms with Crippen molar-refractivity contribution < 1.29 is 5.11 Å². The van der Waals surface area contributed by atoms with Crippen molar-refractivity contribution in [3.63, 3.8) is 0 Å². The van der Waals surface area contributed by atoms with Gasteiger partial charge < -0.3 is 10.8 Å². The number of aliphatic hydroxyl groups is 1. The molecule has 0 fully saturated rings. The molecule has 0 radical (unpaired) electrons. The van der Waals surface area contributed by atoms with E-state index in [0.29, 0.717) is 6.54 Å². The van der Waals surface area contributed by atoms with Gasteiger partial charge >= 0.3 is 0 Å². The molecule has 0 amide bonds. The van der Waals surface area contributed by atoms with Crippen LogP contribution >= 0.6 is 0 Å². The molecule has 2 rings (SSSR count). The van der Waals surface area contributed by atoms with Gasteiger partial charge in [0, 0.05) is 24.7 Å². The van der Waals surface area contributed by atoms with Crippen molar-refractivity contribution in [2.45, 2.75) is 5.92 Å². The van der Waals surface area contributed by atoms with Gasteiger partial charge in [-0.2, -0.15) is 5.10 Å². The van der Waals surface area contributed by atoms with E-state index in [0.717, 1.165) is 11.3 Å². The fourth-order valence-corrected chi connectivity index (χ4v) is 1.34. The smallest absolute Gasteiger partial charge is 0.155 e. The lowest BCUT2D eigenvalue weighted by Gasteiger charge is -2.10. The van der Waals surface area contributed by atoms with Crippen LogP contribution in [0.15, 0.2) is 24.5 Å². The van der Waals surface area contributed by atoms with Crippen LogP contribution in [0.2, 0.25) is 0 Å². The van der Waals surface area contributed by atoms with Gasteiger partial charge in [-0.3, -0.25) is 0 Å². The van der Waals surface area contributed by atoms with E-state index in [1.54, 1.807) is 10.7 Å². The largest absolute Gasteiger partial charge is 0.396 e. The summed E-state index contributed by atoms with van der Waals surface area (Å²) in [6, 6.07) is 3.64. The van der Waals surface area contributed by atoms with Crippen molar-refractivity contribution in [1.82, 2.24) is 14.6 Å². The summed E-state index contributed by atoms with van der Waals surface area (Å²) in [4.78, 5) is 4.34. The Bertz CT molecular complexity index is 421. The first-order chi connectivity index (χ1) is 6.85. The molecular weight excluding hydrogens is 180 g/mol. The second-order valence-corrected chi connectivity index (χ2v) is 3.10. The highest BCUT2D eigenvalue weighted by atomic mass is 16.3. The predicted molar refractivity (Wildman–Crippen MR) is 51.9 cm³/mol. The minimum Gasteiger partial charge on any atom is -0.396 e. The summed E-state index contributed by atoms with van der Waals surface area (Å²) < 4.78 is 1.68. The molecule has 3 N–H and O–H groups in total. The number of aliphatic hydroxyl groups excluding tert-OH is 1. The Morgan fingerprint density at radius 1 is 1.50 bits per heavy atom. The minimum absolute atomic E-state index is 0.0216. The number of hydrogen-bond donors (Lipinski definition) is 2. The molecule has 1 atom stereocenters. The van der Waals surface area contributed by atoms with E-state index >= 15 is 0 Å². The molecule has 1 unspecified atom stereocenters. The Kier molecular flexibility index (Phi) is 2.43. The Morgan fingerprint density at radius 2 is 2.36 bits per heavy atom. The average Bonchev–Trinajstić information content (AvgIpc) is 2.66. The third kappa shape index (κ3) is 1.47. The van der Waals surface area contributed by atoms with Gasteiger partial charge in [0.2, 0.25) is 0 Å². The average molecular weight is 192 g/mol. The summed E-state index contributed by atoms with van der Waals surface area (Å²) in [7, 11) is 0. The van der Waals surface area contributed by atoms with Crippen LogP contribution in [0.3, 0.4) is 0 Å². The topological polar surface area (TPSA) is 76.4 Å². The molecule has 2 heterocycles. The van der Waals surface area contributed by atoms with Crippen LogP contribution in [0.5, 0.6) is 0 Å². The van der Waals surface area contributed by atoms with Crippen molar-refractivity contribution in [2.75, 3.05) is 13.2 Å². The molecule has 0 bridgehead atoms. The number of rotatable bonds is 3. The van der Waals surface area contributed by atoms with Gasteiger partial charge in [0.05, 0.1) is 18.5 Å². The summed E-state index contributed by atoms with van der Waals surface area (Å²) >= 11 is 0. The molecule has 5 heteroatoms. The molecule has 0 saturated carbocycles. The van der Waals surface area contributed by atoms with Crippen LogP contribution < -0.4 is 5.73 Å². The van der Waals surface area contributed by atoms with Crippen molar-refractivity contribution in [2.24, 2.45) is 5.73 Å². The van der Waals surface area contributed by atoms with Gasteiger partial charge in [0.25, 0.3) is 0 Å². The number of aromatic nitrogens is 3. The van der Waals surface area contributed by atoms with Crippen molar-refractivity contribution in [3.05, 3.63) is 30.2 Å². The second kappa shape index (κ2) is 3.73. The molecule has 0 aliphatic carbocycles. The summed E-state index contributed by atoms with van der Waals surface area (Å²) in [5.41, 5.74) is 7.09. The van der Waals surface area contributed by atoms with E-state index in [9.17, 15) is 0 Å². The molecule has 0 spiro atoms. The Hall–Kier alpha value is -1.46. The van der Waals surface area contributed by atoms with Crippen molar-refractivity contribution >= 4 is 5.65 Å². The molecule has 5 nitrogen and oxygen atoms in total. The highest BCUT2D eigenvalue weighted by Crippen LogP contribution is 2.11. The highest BCUT2D eigenvalue weighted by Gasteiger charge is 2.10. The van der Waals surface area contributed by atoms with Crippen molar-refractivity contribution in [3.8, 4) is 0 Å². The zero-order valence-corrected chi connectivity index (χ0v) is 7.67. The van der Waals surface area contributed by atoms with E-state index in [-0.39, 0.29) is 12.5 Å². The van der Waals surface area contributed by atoms with Gasteiger partial charge in [-0.15, -0.1) is 0 Å². The zero-order chi connectivity index (χ0) is 9.97. The summed E-state index contributed by atoms with van der Waals surface area (Å²) in [6.45, 7) is 0.418. The van der Waals surface area contributed by atoms with Crippen LogP contribution in [0, 0.1) is 0 Å². The molecular formula is C9H12N4O. The van der Waals surface area contributed by atoms with Crippen LogP contribution in [0.1, 0.15) is 11.6 Å². The van der Waals surface area contributed by atoms with Gasteiger partial charge in [-0.05, 0) is 6.07 Å². The summed E-state index contributed by atoms with van der Waals surface area (Å²) in [6.07, 6.45) is 3.50.